The highest BCUT2D eigenvalue weighted by Crippen LogP contribution is 2.32. The molecule has 2 aromatic carbocycles. The standard InChI is InChI=1S/C20H20N4O4S/c21-15-6-8-16(9-7-15)29(27,28)24-20(22)23-12-17-18(25)10-14(11-19(17)26)13-4-2-1-3-5-13/h1-9,12,14,25H,10-11,21H2,(H2,22,24). The van der Waals surface area contributed by atoms with Crippen molar-refractivity contribution in [1.29, 1.82) is 0 Å². The second kappa shape index (κ2) is 8.27. The van der Waals surface area contributed by atoms with Gasteiger partial charge in [-0.15, -0.1) is 4.40 Å². The molecule has 0 saturated carbocycles. The quantitative estimate of drug-likeness (QED) is 0.399. The molecule has 0 heterocycles. The summed E-state index contributed by atoms with van der Waals surface area (Å²) in [5.74, 6) is -1.11. The molecular formula is C20H20N4O4S. The maximum atomic E-state index is 12.4. The van der Waals surface area contributed by atoms with Crippen LogP contribution in [0.4, 0.5) is 5.69 Å². The average molecular weight is 412 g/mol. The normalized spacial score (nSPS) is 18.4. The van der Waals surface area contributed by atoms with Crippen LogP contribution in [0.1, 0.15) is 24.3 Å². The number of allylic oxidation sites excluding steroid dienone is 2. The number of benzene rings is 2. The van der Waals surface area contributed by atoms with Crippen LogP contribution in [0.5, 0.6) is 0 Å². The summed E-state index contributed by atoms with van der Waals surface area (Å²) in [4.78, 5) is 16.1. The molecule has 29 heavy (non-hydrogen) atoms. The second-order valence-electron chi connectivity index (χ2n) is 6.55. The number of aliphatic imine (C=N–C) groups is 1. The average Bonchev–Trinajstić information content (AvgIpc) is 2.68. The molecule has 5 N–H and O–H groups in total. The highest BCUT2D eigenvalue weighted by Gasteiger charge is 2.27. The van der Waals surface area contributed by atoms with Crippen LogP contribution in [0, 0.1) is 0 Å². The number of carbonyl (C=O) groups is 1. The molecule has 150 valence electrons. The van der Waals surface area contributed by atoms with E-state index in [1.807, 2.05) is 30.3 Å². The van der Waals surface area contributed by atoms with Gasteiger partial charge < -0.3 is 16.6 Å². The van der Waals surface area contributed by atoms with Crippen molar-refractivity contribution >= 4 is 33.7 Å². The fourth-order valence-corrected chi connectivity index (χ4v) is 3.87. The van der Waals surface area contributed by atoms with E-state index in [9.17, 15) is 18.3 Å². The van der Waals surface area contributed by atoms with E-state index in [-0.39, 0.29) is 40.8 Å². The van der Waals surface area contributed by atoms with Crippen LogP contribution < -0.4 is 11.5 Å². The van der Waals surface area contributed by atoms with Crippen LogP contribution >= 0.6 is 0 Å². The zero-order valence-corrected chi connectivity index (χ0v) is 16.2. The molecule has 0 bridgehead atoms. The maximum Gasteiger partial charge on any atom is 0.285 e. The molecule has 0 fully saturated rings. The molecule has 3 rings (SSSR count). The van der Waals surface area contributed by atoms with Crippen molar-refractivity contribution in [2.75, 3.05) is 5.73 Å². The predicted molar refractivity (Wildman–Crippen MR) is 111 cm³/mol. The summed E-state index contributed by atoms with van der Waals surface area (Å²) < 4.78 is 27.9. The number of aliphatic hydroxyl groups is 1. The van der Waals surface area contributed by atoms with E-state index in [2.05, 4.69) is 9.39 Å². The number of Topliss-reactive ketones (excluding diaryl/α,β-unsaturated/α-hetero) is 1. The summed E-state index contributed by atoms with van der Waals surface area (Å²) in [6.45, 7) is 0. The van der Waals surface area contributed by atoms with Gasteiger partial charge in [-0.05, 0) is 35.7 Å². The lowest BCUT2D eigenvalue weighted by atomic mass is 9.83. The third-order valence-corrected chi connectivity index (χ3v) is 5.77. The Bertz CT molecular complexity index is 1100. The lowest BCUT2D eigenvalue weighted by Gasteiger charge is -2.22. The van der Waals surface area contributed by atoms with Crippen LogP contribution in [0.2, 0.25) is 0 Å². The van der Waals surface area contributed by atoms with Gasteiger partial charge in [0.25, 0.3) is 10.0 Å². The van der Waals surface area contributed by atoms with Crippen LogP contribution in [-0.4, -0.2) is 31.5 Å². The fraction of sp³-hybridized carbons (Fsp3) is 0.150. The molecule has 8 nitrogen and oxygen atoms in total. The molecule has 1 aliphatic rings. The fourth-order valence-electron chi connectivity index (χ4n) is 2.99. The summed E-state index contributed by atoms with van der Waals surface area (Å²) >= 11 is 0. The molecule has 0 aromatic heterocycles. The number of nitrogens with two attached hydrogens (primary N) is 2. The Hall–Kier alpha value is -3.46. The number of hydrogen-bond donors (Lipinski definition) is 3. The third-order valence-electron chi connectivity index (χ3n) is 4.47. The second-order valence-corrected chi connectivity index (χ2v) is 8.16. The lowest BCUT2D eigenvalue weighted by Crippen LogP contribution is -2.20. The van der Waals surface area contributed by atoms with E-state index in [4.69, 9.17) is 11.5 Å². The van der Waals surface area contributed by atoms with Gasteiger partial charge in [-0.2, -0.15) is 8.42 Å². The Morgan fingerprint density at radius 3 is 2.34 bits per heavy atom. The highest BCUT2D eigenvalue weighted by atomic mass is 32.2. The first-order valence-corrected chi connectivity index (χ1v) is 10.2. The number of anilines is 1. The summed E-state index contributed by atoms with van der Waals surface area (Å²) in [6, 6.07) is 14.9. The summed E-state index contributed by atoms with van der Waals surface area (Å²) in [7, 11) is -4.07. The van der Waals surface area contributed by atoms with E-state index in [0.717, 1.165) is 11.8 Å². The van der Waals surface area contributed by atoms with E-state index >= 15 is 0 Å². The van der Waals surface area contributed by atoms with Gasteiger partial charge in [-0.25, -0.2) is 4.99 Å². The molecular weight excluding hydrogens is 392 g/mol. The molecule has 2 aromatic rings. The van der Waals surface area contributed by atoms with E-state index in [0.29, 0.717) is 5.69 Å². The van der Waals surface area contributed by atoms with Crippen molar-refractivity contribution in [3.05, 3.63) is 71.5 Å². The number of guanidine groups is 1. The molecule has 1 atom stereocenters. The Kier molecular flexibility index (Phi) is 5.79. The van der Waals surface area contributed by atoms with Gasteiger partial charge in [0.15, 0.2) is 5.78 Å². The first-order valence-electron chi connectivity index (χ1n) is 8.76. The number of rotatable bonds is 4. The van der Waals surface area contributed by atoms with Crippen molar-refractivity contribution in [2.24, 2.45) is 15.1 Å². The van der Waals surface area contributed by atoms with Crippen LogP contribution in [0.3, 0.4) is 0 Å². The smallest absolute Gasteiger partial charge is 0.285 e. The zero-order valence-electron chi connectivity index (χ0n) is 15.4. The van der Waals surface area contributed by atoms with Crippen molar-refractivity contribution in [1.82, 2.24) is 0 Å². The third kappa shape index (κ3) is 4.88. The Balaban J connectivity index is 1.78. The number of ketones is 1. The van der Waals surface area contributed by atoms with Crippen molar-refractivity contribution < 1.29 is 18.3 Å². The van der Waals surface area contributed by atoms with Crippen molar-refractivity contribution in [3.63, 3.8) is 0 Å². The van der Waals surface area contributed by atoms with Gasteiger partial charge in [-0.3, -0.25) is 4.79 Å². The Morgan fingerprint density at radius 1 is 1.07 bits per heavy atom. The first kappa shape index (κ1) is 20.3. The van der Waals surface area contributed by atoms with Gasteiger partial charge in [0, 0.05) is 24.7 Å². The minimum Gasteiger partial charge on any atom is -0.511 e. The summed E-state index contributed by atoms with van der Waals surface area (Å²) in [5, 5.41) is 10.3. The summed E-state index contributed by atoms with van der Waals surface area (Å²) in [5.41, 5.74) is 12.5. The molecule has 9 heteroatoms. The minimum atomic E-state index is -4.07. The molecule has 0 radical (unpaired) electrons. The molecule has 0 amide bonds. The topological polar surface area (TPSA) is 148 Å². The van der Waals surface area contributed by atoms with Crippen molar-refractivity contribution in [3.8, 4) is 0 Å². The minimum absolute atomic E-state index is 0.000198. The van der Waals surface area contributed by atoms with E-state index < -0.39 is 16.0 Å². The lowest BCUT2D eigenvalue weighted by molar-refractivity contribution is -0.116. The predicted octanol–water partition coefficient (Wildman–Crippen LogP) is 2.30. The molecule has 0 spiro atoms. The summed E-state index contributed by atoms with van der Waals surface area (Å²) in [6.07, 6.45) is 1.53. The maximum absolute atomic E-state index is 12.4. The Morgan fingerprint density at radius 2 is 1.72 bits per heavy atom. The van der Waals surface area contributed by atoms with Gasteiger partial charge in [0.05, 0.1) is 10.5 Å². The van der Waals surface area contributed by atoms with Crippen LogP contribution in [0.15, 0.2) is 80.2 Å². The van der Waals surface area contributed by atoms with Gasteiger partial charge in [0.1, 0.15) is 5.76 Å². The SMILES string of the molecule is NC(N=CC1=C(O)CC(c2ccccc2)CC1=O)=NS(=O)(=O)c1ccc(N)cc1. The molecule has 0 aliphatic heterocycles. The molecule has 0 saturated heterocycles. The zero-order chi connectivity index (χ0) is 21.0. The largest absolute Gasteiger partial charge is 0.511 e. The number of carbonyl (C=O) groups excluding carboxylic acids is 1. The van der Waals surface area contributed by atoms with Gasteiger partial charge >= 0.3 is 0 Å². The molecule has 1 aliphatic carbocycles. The number of nitrogen functional groups attached to an aromatic ring is 1. The highest BCUT2D eigenvalue weighted by molar-refractivity contribution is 7.90. The van der Waals surface area contributed by atoms with E-state index in [1.165, 1.54) is 24.3 Å². The monoisotopic (exact) mass is 412 g/mol. The Labute approximate surface area is 168 Å². The van der Waals surface area contributed by atoms with E-state index in [1.54, 1.807) is 0 Å². The number of nitrogens with zero attached hydrogens (tertiary/aromatic N) is 2. The van der Waals surface area contributed by atoms with Crippen LogP contribution in [0.25, 0.3) is 0 Å². The van der Waals surface area contributed by atoms with Gasteiger partial charge in [0.2, 0.25) is 5.96 Å². The number of sulfonamides is 1. The number of hydrogen-bond acceptors (Lipinski definition) is 5. The van der Waals surface area contributed by atoms with Crippen LogP contribution in [-0.2, 0) is 14.8 Å². The first-order chi connectivity index (χ1) is 13.8. The van der Waals surface area contributed by atoms with Crippen molar-refractivity contribution in [2.45, 2.75) is 23.7 Å². The number of aliphatic hydroxyl groups excluding tert-OH is 1. The van der Waals surface area contributed by atoms with Gasteiger partial charge in [-0.1, -0.05) is 30.3 Å². The molecule has 1 unspecified atom stereocenters.